The number of methoxy groups -OCH3 is 1. The van der Waals surface area contributed by atoms with Crippen molar-refractivity contribution in [2.45, 2.75) is 13.3 Å². The van der Waals surface area contributed by atoms with Gasteiger partial charge in [-0.3, -0.25) is 0 Å². The first-order valence-corrected chi connectivity index (χ1v) is 6.03. The number of aryl methyl sites for hydroxylation is 1. The lowest BCUT2D eigenvalue weighted by atomic mass is 10.0. The molecule has 2 aromatic rings. The van der Waals surface area contributed by atoms with Crippen LogP contribution >= 0.6 is 15.9 Å². The lowest BCUT2D eigenvalue weighted by molar-refractivity contribution is 0.413. The zero-order chi connectivity index (χ0) is 12.4. The van der Waals surface area contributed by atoms with Gasteiger partial charge >= 0.3 is 0 Å². The quantitative estimate of drug-likeness (QED) is 0.944. The van der Waals surface area contributed by atoms with Crippen LogP contribution in [-0.2, 0) is 6.42 Å². The molecule has 17 heavy (non-hydrogen) atoms. The Morgan fingerprint density at radius 3 is 2.71 bits per heavy atom. The van der Waals surface area contributed by atoms with Crippen molar-refractivity contribution < 1.29 is 9.26 Å². The molecule has 0 aliphatic rings. The molecule has 0 aliphatic heterocycles. The summed E-state index contributed by atoms with van der Waals surface area (Å²) in [5, 5.41) is 3.69. The monoisotopic (exact) mass is 296 g/mol. The number of anilines is 1. The first-order valence-electron chi connectivity index (χ1n) is 5.24. The van der Waals surface area contributed by atoms with Crippen molar-refractivity contribution in [3.05, 3.63) is 28.4 Å². The van der Waals surface area contributed by atoms with E-state index in [9.17, 15) is 0 Å². The lowest BCUT2D eigenvalue weighted by Crippen LogP contribution is -1.93. The molecule has 0 bridgehead atoms. The zero-order valence-corrected chi connectivity index (χ0v) is 11.2. The van der Waals surface area contributed by atoms with E-state index in [0.29, 0.717) is 5.88 Å². The van der Waals surface area contributed by atoms with Gasteiger partial charge in [0.2, 0.25) is 5.88 Å². The molecule has 0 amide bonds. The second-order valence-electron chi connectivity index (χ2n) is 3.62. The molecule has 0 atom stereocenters. The Hall–Kier alpha value is -1.49. The maximum atomic E-state index is 5.74. The molecule has 0 fully saturated rings. The number of aromatic nitrogens is 1. The van der Waals surface area contributed by atoms with E-state index in [4.69, 9.17) is 15.0 Å². The maximum absolute atomic E-state index is 5.74. The van der Waals surface area contributed by atoms with E-state index in [2.05, 4.69) is 28.0 Å². The van der Waals surface area contributed by atoms with Crippen LogP contribution in [0.25, 0.3) is 11.1 Å². The van der Waals surface area contributed by atoms with Crippen LogP contribution in [-0.4, -0.2) is 12.3 Å². The Morgan fingerprint density at radius 2 is 2.18 bits per heavy atom. The van der Waals surface area contributed by atoms with E-state index >= 15 is 0 Å². The van der Waals surface area contributed by atoms with Crippen molar-refractivity contribution in [2.75, 3.05) is 12.8 Å². The number of halogens is 1. The van der Waals surface area contributed by atoms with Crippen LogP contribution < -0.4 is 10.5 Å². The Bertz CT molecular complexity index is 537. The largest absolute Gasteiger partial charge is 0.495 e. The molecule has 5 heteroatoms. The molecule has 1 aromatic carbocycles. The Labute approximate surface area is 108 Å². The molecule has 4 nitrogen and oxygen atoms in total. The predicted molar refractivity (Wildman–Crippen MR) is 70.0 cm³/mol. The molecule has 0 aliphatic carbocycles. The highest BCUT2D eigenvalue weighted by atomic mass is 79.9. The summed E-state index contributed by atoms with van der Waals surface area (Å²) in [4.78, 5) is 0. The van der Waals surface area contributed by atoms with Crippen LogP contribution in [0.1, 0.15) is 12.5 Å². The average molecular weight is 297 g/mol. The van der Waals surface area contributed by atoms with Gasteiger partial charge in [0.05, 0.1) is 23.3 Å². The van der Waals surface area contributed by atoms with Crippen LogP contribution in [0.5, 0.6) is 5.75 Å². The number of hydrogen-bond donors (Lipinski definition) is 1. The highest BCUT2D eigenvalue weighted by Crippen LogP contribution is 2.39. The van der Waals surface area contributed by atoms with Gasteiger partial charge in [-0.25, -0.2) is 0 Å². The summed E-state index contributed by atoms with van der Waals surface area (Å²) < 4.78 is 11.2. The summed E-state index contributed by atoms with van der Waals surface area (Å²) in [5.41, 5.74) is 8.56. The van der Waals surface area contributed by atoms with Gasteiger partial charge in [-0.2, -0.15) is 0 Å². The zero-order valence-electron chi connectivity index (χ0n) is 9.66. The Kier molecular flexibility index (Phi) is 3.38. The van der Waals surface area contributed by atoms with Crippen molar-refractivity contribution in [1.29, 1.82) is 0 Å². The van der Waals surface area contributed by atoms with Gasteiger partial charge in [0.1, 0.15) is 5.75 Å². The molecule has 2 rings (SSSR count). The second-order valence-corrected chi connectivity index (χ2v) is 4.47. The summed E-state index contributed by atoms with van der Waals surface area (Å²) in [7, 11) is 1.62. The van der Waals surface area contributed by atoms with Gasteiger partial charge in [-0.1, -0.05) is 12.1 Å². The average Bonchev–Trinajstić information content (AvgIpc) is 2.74. The number of hydrogen-bond acceptors (Lipinski definition) is 4. The third-order valence-corrected chi connectivity index (χ3v) is 3.19. The van der Waals surface area contributed by atoms with Crippen LogP contribution in [0, 0.1) is 0 Å². The maximum Gasteiger partial charge on any atom is 0.230 e. The number of nitrogens with zero attached hydrogens (tertiary/aromatic N) is 1. The minimum atomic E-state index is 0.295. The summed E-state index contributed by atoms with van der Waals surface area (Å²) in [5.74, 6) is 1.03. The van der Waals surface area contributed by atoms with Gasteiger partial charge < -0.3 is 15.0 Å². The number of nitrogens with two attached hydrogens (primary N) is 1. The smallest absolute Gasteiger partial charge is 0.230 e. The van der Waals surface area contributed by atoms with Gasteiger partial charge in [-0.05, 0) is 40.0 Å². The third kappa shape index (κ3) is 2.15. The van der Waals surface area contributed by atoms with Crippen molar-refractivity contribution in [2.24, 2.45) is 0 Å². The molecular weight excluding hydrogens is 284 g/mol. The van der Waals surface area contributed by atoms with Crippen molar-refractivity contribution in [3.8, 4) is 16.9 Å². The summed E-state index contributed by atoms with van der Waals surface area (Å²) >= 11 is 3.49. The van der Waals surface area contributed by atoms with Crippen LogP contribution in [0.4, 0.5) is 5.88 Å². The van der Waals surface area contributed by atoms with Crippen LogP contribution in [0.3, 0.4) is 0 Å². The van der Waals surface area contributed by atoms with Gasteiger partial charge in [-0.15, -0.1) is 0 Å². The van der Waals surface area contributed by atoms with E-state index < -0.39 is 0 Å². The topological polar surface area (TPSA) is 61.3 Å². The molecule has 1 aromatic heterocycles. The standard InChI is InChI=1S/C12H13BrN2O2/c1-3-7-4-8(9-6-15-17-12(9)14)11(16-2)10(13)5-7/h4-6H,3,14H2,1-2H3. The summed E-state index contributed by atoms with van der Waals surface area (Å²) in [6, 6.07) is 4.07. The van der Waals surface area contributed by atoms with E-state index in [1.807, 2.05) is 12.1 Å². The highest BCUT2D eigenvalue weighted by molar-refractivity contribution is 9.10. The molecule has 2 N–H and O–H groups in total. The molecule has 0 saturated heterocycles. The molecule has 0 unspecified atom stereocenters. The molecular formula is C12H13BrN2O2. The summed E-state index contributed by atoms with van der Waals surface area (Å²) in [6.45, 7) is 2.09. The van der Waals surface area contributed by atoms with Gasteiger partial charge in [0.15, 0.2) is 0 Å². The first-order chi connectivity index (χ1) is 8.17. The minimum Gasteiger partial charge on any atom is -0.495 e. The fraction of sp³-hybridized carbons (Fsp3) is 0.250. The van der Waals surface area contributed by atoms with Crippen molar-refractivity contribution in [3.63, 3.8) is 0 Å². The number of nitrogen functional groups attached to an aromatic ring is 1. The van der Waals surface area contributed by atoms with Crippen LogP contribution in [0.2, 0.25) is 0 Å². The number of benzene rings is 1. The van der Waals surface area contributed by atoms with E-state index in [0.717, 1.165) is 27.8 Å². The Morgan fingerprint density at radius 1 is 1.41 bits per heavy atom. The van der Waals surface area contributed by atoms with Gasteiger partial charge in [0.25, 0.3) is 0 Å². The summed E-state index contributed by atoms with van der Waals surface area (Å²) in [6.07, 6.45) is 2.53. The van der Waals surface area contributed by atoms with E-state index in [-0.39, 0.29) is 0 Å². The normalized spacial score (nSPS) is 10.5. The SMILES string of the molecule is CCc1cc(Br)c(OC)c(-c2cnoc2N)c1. The van der Waals surface area contributed by atoms with Crippen molar-refractivity contribution in [1.82, 2.24) is 5.16 Å². The molecule has 0 saturated carbocycles. The molecule has 0 radical (unpaired) electrons. The second kappa shape index (κ2) is 4.79. The van der Waals surface area contributed by atoms with Crippen LogP contribution in [0.15, 0.2) is 27.3 Å². The number of ether oxygens (including phenoxy) is 1. The minimum absolute atomic E-state index is 0.295. The molecule has 90 valence electrons. The van der Waals surface area contributed by atoms with E-state index in [1.165, 1.54) is 5.56 Å². The number of rotatable bonds is 3. The highest BCUT2D eigenvalue weighted by Gasteiger charge is 2.16. The third-order valence-electron chi connectivity index (χ3n) is 2.60. The fourth-order valence-corrected chi connectivity index (χ4v) is 2.38. The molecule has 1 heterocycles. The first kappa shape index (κ1) is 12.0. The molecule has 0 spiro atoms. The van der Waals surface area contributed by atoms with Gasteiger partial charge in [0, 0.05) is 5.56 Å². The Balaban J connectivity index is 2.66. The predicted octanol–water partition coefficient (Wildman–Crippen LogP) is 3.26. The lowest BCUT2D eigenvalue weighted by Gasteiger charge is -2.11. The van der Waals surface area contributed by atoms with Crippen molar-refractivity contribution >= 4 is 21.8 Å². The van der Waals surface area contributed by atoms with E-state index in [1.54, 1.807) is 13.3 Å². The fourth-order valence-electron chi connectivity index (χ4n) is 1.71.